The fraction of sp³-hybridized carbons (Fsp3) is 0.529. The van der Waals surface area contributed by atoms with E-state index in [1.807, 2.05) is 6.08 Å². The molecule has 1 saturated heterocycles. The van der Waals surface area contributed by atoms with E-state index in [9.17, 15) is 9.59 Å². The monoisotopic (exact) mass is 532 g/mol. The molecule has 8 heteroatoms. The van der Waals surface area contributed by atoms with Gasteiger partial charge in [-0.1, -0.05) is 0 Å². The number of methoxy groups -OCH3 is 1. The summed E-state index contributed by atoms with van der Waals surface area (Å²) >= 11 is 6.02. The Morgan fingerprint density at radius 1 is 1.60 bits per heavy atom. The van der Waals surface area contributed by atoms with Crippen molar-refractivity contribution in [2.24, 2.45) is 10.9 Å². The number of hydrogen-bond donors (Lipinski definition) is 0. The number of thiocarbonyl (C=S) groups is 1. The van der Waals surface area contributed by atoms with Crippen LogP contribution in [0.2, 0.25) is 0 Å². The van der Waals surface area contributed by atoms with Crippen LogP contribution in [0.5, 0.6) is 0 Å². The van der Waals surface area contributed by atoms with E-state index in [0.29, 0.717) is 5.76 Å². The molecule has 134 valence electrons. The Balaban J connectivity index is 2.32. The maximum absolute atomic E-state index is 12.9. The number of imide groups is 1. The van der Waals surface area contributed by atoms with Crippen molar-refractivity contribution in [1.82, 2.24) is 4.90 Å². The van der Waals surface area contributed by atoms with Crippen molar-refractivity contribution in [1.29, 1.82) is 0 Å². The fourth-order valence-electron chi connectivity index (χ4n) is 3.00. The zero-order valence-corrected chi connectivity index (χ0v) is 17.8. The molecule has 25 heavy (non-hydrogen) atoms. The van der Waals surface area contributed by atoms with Crippen LogP contribution >= 0.6 is 12.2 Å². The van der Waals surface area contributed by atoms with E-state index < -0.39 is 12.1 Å². The van der Waals surface area contributed by atoms with Crippen LogP contribution in [-0.4, -0.2) is 52.3 Å². The van der Waals surface area contributed by atoms with E-state index in [1.54, 1.807) is 7.11 Å². The van der Waals surface area contributed by atoms with Crippen LogP contribution < -0.4 is 0 Å². The topological polar surface area (TPSA) is 68.2 Å². The minimum atomic E-state index is -0.743. The van der Waals surface area contributed by atoms with Crippen molar-refractivity contribution in [2.75, 3.05) is 20.3 Å². The number of carbonyl (C=O) groups excluding carboxylic acids is 2. The average molecular weight is 532 g/mol. The summed E-state index contributed by atoms with van der Waals surface area (Å²) in [6.07, 6.45) is 5.02. The maximum atomic E-state index is 12.9. The molecule has 0 spiro atoms. The Morgan fingerprint density at radius 3 is 2.96 bits per heavy atom. The second-order valence-corrected chi connectivity index (χ2v) is 7.59. The summed E-state index contributed by atoms with van der Waals surface area (Å²) < 4.78 is 11.2. The van der Waals surface area contributed by atoms with Crippen LogP contribution in [-0.2, 0) is 33.6 Å². The van der Waals surface area contributed by atoms with Gasteiger partial charge in [0.25, 0.3) is 0 Å². The Bertz CT molecular complexity index is 670. The van der Waals surface area contributed by atoms with Gasteiger partial charge in [0.15, 0.2) is 0 Å². The Labute approximate surface area is 163 Å². The Morgan fingerprint density at radius 2 is 2.36 bits per heavy atom. The van der Waals surface area contributed by atoms with Gasteiger partial charge in [0.05, 0.1) is 0 Å². The third-order valence-electron chi connectivity index (χ3n) is 4.31. The van der Waals surface area contributed by atoms with Crippen molar-refractivity contribution in [2.45, 2.75) is 31.7 Å². The van der Waals surface area contributed by atoms with Crippen molar-refractivity contribution < 1.29 is 38.4 Å². The molecule has 0 aromatic heterocycles. The number of isothiocyanates is 1. The van der Waals surface area contributed by atoms with E-state index in [2.05, 4.69) is 16.7 Å². The van der Waals surface area contributed by atoms with Gasteiger partial charge in [0, 0.05) is 0 Å². The van der Waals surface area contributed by atoms with Gasteiger partial charge in [-0.25, -0.2) is 0 Å². The molecule has 2 aliphatic rings. The predicted molar refractivity (Wildman–Crippen MR) is 93.1 cm³/mol. The van der Waals surface area contributed by atoms with Crippen LogP contribution in [0.3, 0.4) is 0 Å². The molecule has 2 rings (SSSR count). The van der Waals surface area contributed by atoms with Gasteiger partial charge in [-0.2, -0.15) is 0 Å². The van der Waals surface area contributed by atoms with Crippen molar-refractivity contribution in [3.63, 3.8) is 0 Å². The molecular formula is C17H20N2O4SW. The number of carbonyl (C=O) groups is 2. The number of ether oxygens (including phenoxy) is 2. The summed E-state index contributed by atoms with van der Waals surface area (Å²) in [5.74, 6) is 0.110. The van der Waals surface area contributed by atoms with Gasteiger partial charge < -0.3 is 0 Å². The number of hydrogen-bond acceptors (Lipinski definition) is 6. The summed E-state index contributed by atoms with van der Waals surface area (Å²) in [6, 6.07) is -0.743. The van der Waals surface area contributed by atoms with Crippen LogP contribution in [0, 0.1) is 5.92 Å². The number of allylic oxidation sites excluding steroid dienone is 2. The molecule has 0 bridgehead atoms. The molecular weight excluding hydrogens is 512 g/mol. The number of aliphatic imine (C=N–C) groups is 1. The molecule has 0 N–H and O–H groups in total. The molecule has 6 nitrogen and oxygen atoms in total. The van der Waals surface area contributed by atoms with Gasteiger partial charge in [0.2, 0.25) is 0 Å². The van der Waals surface area contributed by atoms with Crippen LogP contribution in [0.1, 0.15) is 25.7 Å². The molecule has 2 fully saturated rings. The van der Waals surface area contributed by atoms with E-state index in [1.165, 1.54) is 19.4 Å². The molecule has 1 aliphatic heterocycles. The second kappa shape index (κ2) is 9.32. The fourth-order valence-corrected chi connectivity index (χ4v) is 4.58. The molecule has 1 saturated carbocycles. The molecule has 0 aromatic rings. The molecule has 2 amide bonds. The average Bonchev–Trinajstić information content (AvgIpc) is 2.95. The summed E-state index contributed by atoms with van der Waals surface area (Å²) in [4.78, 5) is 29.9. The van der Waals surface area contributed by atoms with E-state index in [-0.39, 0.29) is 25.0 Å². The molecule has 1 heterocycles. The number of rotatable bonds is 5. The van der Waals surface area contributed by atoms with Crippen LogP contribution in [0.25, 0.3) is 0 Å². The summed E-state index contributed by atoms with van der Waals surface area (Å²) in [5.41, 5.74) is 1.13. The SMILES string of the molecule is C=C(/C=C1/CCCCC(C(N=C=S)C(=O)N2CCOC2=O)[C]1=[W])OC. The minimum absolute atomic E-state index is 0.107. The van der Waals surface area contributed by atoms with Gasteiger partial charge in [-0.3, -0.25) is 0 Å². The summed E-state index contributed by atoms with van der Waals surface area (Å²) in [7, 11) is 1.58. The third-order valence-corrected chi connectivity index (χ3v) is 6.45. The van der Waals surface area contributed by atoms with E-state index >= 15 is 0 Å². The summed E-state index contributed by atoms with van der Waals surface area (Å²) in [6.45, 7) is 4.33. The quantitative estimate of drug-likeness (QED) is 0.236. The number of cyclic esters (lactones) is 1. The van der Waals surface area contributed by atoms with Gasteiger partial charge in [-0.05, 0) is 0 Å². The molecule has 0 aromatic carbocycles. The number of nitrogens with zero attached hydrogens (tertiary/aromatic N) is 2. The van der Waals surface area contributed by atoms with Gasteiger partial charge >= 0.3 is 163 Å². The first-order valence-corrected chi connectivity index (χ1v) is 9.90. The molecule has 2 atom stereocenters. The normalized spacial score (nSPS) is 23.5. The van der Waals surface area contributed by atoms with E-state index in [0.717, 1.165) is 40.1 Å². The predicted octanol–water partition coefficient (Wildman–Crippen LogP) is 2.43. The first kappa shape index (κ1) is 19.9. The van der Waals surface area contributed by atoms with Crippen LogP contribution in [0.4, 0.5) is 4.79 Å². The van der Waals surface area contributed by atoms with E-state index in [4.69, 9.17) is 21.7 Å². The first-order chi connectivity index (χ1) is 12.0. The Hall–Kier alpha value is -1.42. The third kappa shape index (κ3) is 4.81. The molecule has 0 radical (unpaired) electrons. The van der Waals surface area contributed by atoms with Crippen molar-refractivity contribution in [3.8, 4) is 0 Å². The van der Waals surface area contributed by atoms with Gasteiger partial charge in [0.1, 0.15) is 0 Å². The second-order valence-electron chi connectivity index (χ2n) is 5.83. The molecule has 1 aliphatic carbocycles. The summed E-state index contributed by atoms with van der Waals surface area (Å²) in [5, 5.41) is 2.33. The van der Waals surface area contributed by atoms with Crippen molar-refractivity contribution >= 4 is 33.3 Å². The first-order valence-electron chi connectivity index (χ1n) is 8.02. The standard InChI is InChI=1S/C17H20N2O4S.W/c1-12(22-2)9-13-5-3-4-6-14(10-13)15(18-11-24)16(20)19-7-8-23-17(19)21;/h9,14-15H,1,3-8H2,2H3;/b13-9-;. The van der Waals surface area contributed by atoms with Crippen LogP contribution in [0.15, 0.2) is 29.0 Å². The Kier molecular flexibility index (Phi) is 7.42. The number of amides is 2. The van der Waals surface area contributed by atoms with Crippen molar-refractivity contribution in [3.05, 3.63) is 24.0 Å². The zero-order valence-electron chi connectivity index (χ0n) is 14.0. The molecule has 2 unspecified atom stereocenters. The van der Waals surface area contributed by atoms with Gasteiger partial charge in [-0.15, -0.1) is 0 Å². The zero-order chi connectivity index (χ0) is 18.4.